The van der Waals surface area contributed by atoms with Crippen LogP contribution in [0.1, 0.15) is 71.0 Å². The highest BCUT2D eigenvalue weighted by Crippen LogP contribution is 2.25. The molecule has 2 aromatic carbocycles. The Morgan fingerprint density at radius 3 is 2.24 bits per heavy atom. The number of nitrogens with one attached hydrogen (secondary N) is 2. The maximum atomic E-state index is 14.0. The second-order valence-electron chi connectivity index (χ2n) is 12.2. The molecule has 0 saturated heterocycles. The number of hydrogen-bond donors (Lipinski definition) is 4. The van der Waals surface area contributed by atoms with Crippen molar-refractivity contribution in [3.05, 3.63) is 68.8 Å². The molecule has 1 aliphatic heterocycles. The van der Waals surface area contributed by atoms with Gasteiger partial charge in [0.1, 0.15) is 23.6 Å². The quantitative estimate of drug-likeness (QED) is 0.202. The van der Waals surface area contributed by atoms with Gasteiger partial charge in [-0.2, -0.15) is 0 Å². The van der Waals surface area contributed by atoms with Crippen molar-refractivity contribution in [3.8, 4) is 11.5 Å². The van der Waals surface area contributed by atoms with Crippen LogP contribution in [0.2, 0.25) is 0 Å². The van der Waals surface area contributed by atoms with E-state index in [4.69, 9.17) is 4.74 Å². The molecule has 3 rings (SSSR count). The third kappa shape index (κ3) is 10.5. The molecule has 0 spiro atoms. The summed E-state index contributed by atoms with van der Waals surface area (Å²) in [4.78, 5) is 55.2. The van der Waals surface area contributed by atoms with Crippen LogP contribution in [0.3, 0.4) is 0 Å². The van der Waals surface area contributed by atoms with Gasteiger partial charge in [-0.15, -0.1) is 0 Å². The van der Waals surface area contributed by atoms with Gasteiger partial charge in [-0.3, -0.25) is 19.2 Å². The van der Waals surface area contributed by atoms with Gasteiger partial charge in [0.15, 0.2) is 0 Å². The van der Waals surface area contributed by atoms with Gasteiger partial charge in [0.2, 0.25) is 17.7 Å². The topological polar surface area (TPSA) is 145 Å². The number of cyclic esters (lactones) is 1. The number of aromatic hydroxyl groups is 2. The minimum Gasteiger partial charge on any atom is -0.508 e. The zero-order chi connectivity index (χ0) is 33.4. The van der Waals surface area contributed by atoms with Crippen LogP contribution in [-0.2, 0) is 30.3 Å². The van der Waals surface area contributed by atoms with Crippen LogP contribution in [-0.4, -0.2) is 64.0 Å². The van der Waals surface area contributed by atoms with Crippen molar-refractivity contribution in [2.75, 3.05) is 7.05 Å². The van der Waals surface area contributed by atoms with Gasteiger partial charge in [0, 0.05) is 19.4 Å². The molecule has 10 nitrogen and oxygen atoms in total. The van der Waals surface area contributed by atoms with E-state index in [1.54, 1.807) is 38.1 Å². The number of phenolic OH excluding ortho intramolecular Hbond substituents is 2. The molecule has 45 heavy (non-hydrogen) atoms. The van der Waals surface area contributed by atoms with Gasteiger partial charge in [-0.25, -0.2) is 0 Å². The number of ether oxygens (including phenoxy) is 1. The summed E-state index contributed by atoms with van der Waals surface area (Å²) in [5, 5.41) is 25.6. The first kappa shape index (κ1) is 35.9. The SMILES string of the molecule is CC1=C[C@H](C)C[C@H](C)OC(=O)C[C@H](c2ccc(O)cc2)NC(=O)[C@@H](Cc2ccc(O)c(I)c2)N(C)C(=O)[C@H](C)NC(=O)[C@@H](C)C1. The van der Waals surface area contributed by atoms with Crippen LogP contribution in [0.25, 0.3) is 0 Å². The van der Waals surface area contributed by atoms with Gasteiger partial charge in [-0.1, -0.05) is 43.7 Å². The molecule has 0 bridgehead atoms. The van der Waals surface area contributed by atoms with E-state index >= 15 is 0 Å². The number of likely N-dealkylation sites (N-methyl/N-ethyl adjacent to an activating group) is 1. The molecule has 4 N–H and O–H groups in total. The average molecular weight is 734 g/mol. The number of allylic oxidation sites excluding steroid dienone is 2. The molecule has 6 atom stereocenters. The van der Waals surface area contributed by atoms with Crippen molar-refractivity contribution in [1.82, 2.24) is 15.5 Å². The van der Waals surface area contributed by atoms with E-state index in [-0.39, 0.29) is 36.2 Å². The fourth-order valence-corrected chi connectivity index (χ4v) is 6.20. The number of carbonyl (C=O) groups is 4. The predicted molar refractivity (Wildman–Crippen MR) is 179 cm³/mol. The summed E-state index contributed by atoms with van der Waals surface area (Å²) in [7, 11) is 1.51. The molecular formula is C34H44IN3O7. The first-order valence-electron chi connectivity index (χ1n) is 15.1. The lowest BCUT2D eigenvalue weighted by Gasteiger charge is -2.32. The Morgan fingerprint density at radius 2 is 1.60 bits per heavy atom. The normalized spacial score (nSPS) is 26.5. The van der Waals surface area contributed by atoms with Gasteiger partial charge in [0.05, 0.1) is 22.1 Å². The molecule has 0 radical (unpaired) electrons. The fraction of sp³-hybridized carbons (Fsp3) is 0.471. The maximum Gasteiger partial charge on any atom is 0.308 e. The molecule has 0 aromatic heterocycles. The lowest BCUT2D eigenvalue weighted by atomic mass is 9.95. The summed E-state index contributed by atoms with van der Waals surface area (Å²) in [6.45, 7) is 9.19. The second kappa shape index (κ2) is 16.1. The van der Waals surface area contributed by atoms with Crippen LogP contribution < -0.4 is 10.6 Å². The van der Waals surface area contributed by atoms with Crippen LogP contribution >= 0.6 is 22.6 Å². The Kier molecular flexibility index (Phi) is 12.8. The summed E-state index contributed by atoms with van der Waals surface area (Å²) < 4.78 is 6.33. The smallest absolute Gasteiger partial charge is 0.308 e. The summed E-state index contributed by atoms with van der Waals surface area (Å²) >= 11 is 1.99. The molecule has 0 aliphatic carbocycles. The van der Waals surface area contributed by atoms with Crippen molar-refractivity contribution in [2.45, 2.75) is 84.5 Å². The van der Waals surface area contributed by atoms with E-state index in [1.807, 2.05) is 43.4 Å². The number of amides is 3. The predicted octanol–water partition coefficient (Wildman–Crippen LogP) is 4.77. The third-order valence-electron chi connectivity index (χ3n) is 7.95. The highest BCUT2D eigenvalue weighted by atomic mass is 127. The number of carbonyl (C=O) groups excluding carboxylic acids is 4. The standard InChI is InChI=1S/C34H44IN3O7/c1-19-13-20(2)15-22(4)45-31(41)18-28(25-8-10-26(39)11-9-25)37-33(43)29(17-24-7-12-30(40)27(35)16-24)38(6)34(44)23(5)36-32(42)21(3)14-19/h7-13,16,20-23,28-29,39-40H,14-15,17-18H2,1-6H3,(H,36,42)(H,37,43)/t20-,21-,22-,23-,28+,29+/m0/s1. The number of halogens is 1. The molecule has 0 saturated carbocycles. The lowest BCUT2D eigenvalue weighted by Crippen LogP contribution is -2.55. The number of nitrogens with zero attached hydrogens (tertiary/aromatic N) is 1. The minimum absolute atomic E-state index is 0.0326. The largest absolute Gasteiger partial charge is 0.508 e. The van der Waals surface area contributed by atoms with E-state index in [2.05, 4.69) is 16.7 Å². The monoisotopic (exact) mass is 733 g/mol. The number of phenols is 2. The minimum atomic E-state index is -1.03. The number of hydrogen-bond acceptors (Lipinski definition) is 7. The van der Waals surface area contributed by atoms with E-state index in [1.165, 1.54) is 30.1 Å². The summed E-state index contributed by atoms with van der Waals surface area (Å²) in [6.07, 6.45) is 2.68. The summed E-state index contributed by atoms with van der Waals surface area (Å²) in [5.74, 6) is -1.94. The molecule has 11 heteroatoms. The highest BCUT2D eigenvalue weighted by molar-refractivity contribution is 14.1. The summed E-state index contributed by atoms with van der Waals surface area (Å²) in [5.41, 5.74) is 2.29. The lowest BCUT2D eigenvalue weighted by molar-refractivity contribution is -0.149. The molecule has 3 amide bonds. The molecule has 0 fully saturated rings. The van der Waals surface area contributed by atoms with Gasteiger partial charge >= 0.3 is 5.97 Å². The van der Waals surface area contributed by atoms with Crippen molar-refractivity contribution < 1.29 is 34.1 Å². The van der Waals surface area contributed by atoms with Crippen LogP contribution in [0, 0.1) is 15.4 Å². The van der Waals surface area contributed by atoms with Crippen molar-refractivity contribution in [1.29, 1.82) is 0 Å². The Morgan fingerprint density at radius 1 is 0.933 bits per heavy atom. The number of esters is 1. The fourth-order valence-electron chi connectivity index (χ4n) is 5.62. The van der Waals surface area contributed by atoms with E-state index in [0.29, 0.717) is 27.5 Å². The van der Waals surface area contributed by atoms with Crippen molar-refractivity contribution in [3.63, 3.8) is 0 Å². The van der Waals surface area contributed by atoms with Crippen LogP contribution in [0.15, 0.2) is 54.1 Å². The molecule has 2 aromatic rings. The molecule has 1 heterocycles. The number of rotatable bonds is 3. The Bertz CT molecular complexity index is 1410. The number of benzene rings is 2. The van der Waals surface area contributed by atoms with E-state index in [0.717, 1.165) is 5.57 Å². The first-order chi connectivity index (χ1) is 21.1. The molecule has 1 aliphatic rings. The Labute approximate surface area is 278 Å². The zero-order valence-electron chi connectivity index (χ0n) is 26.7. The van der Waals surface area contributed by atoms with Gasteiger partial charge in [0.25, 0.3) is 0 Å². The third-order valence-corrected chi connectivity index (χ3v) is 8.82. The zero-order valence-corrected chi connectivity index (χ0v) is 28.8. The van der Waals surface area contributed by atoms with E-state index in [9.17, 15) is 29.4 Å². The Hall–Kier alpha value is -3.61. The first-order valence-corrected chi connectivity index (χ1v) is 16.2. The molecular weight excluding hydrogens is 689 g/mol. The van der Waals surface area contributed by atoms with Crippen molar-refractivity contribution in [2.24, 2.45) is 11.8 Å². The van der Waals surface area contributed by atoms with Gasteiger partial charge in [-0.05, 0) is 97.5 Å². The highest BCUT2D eigenvalue weighted by Gasteiger charge is 2.33. The maximum absolute atomic E-state index is 14.0. The van der Waals surface area contributed by atoms with Crippen LogP contribution in [0.4, 0.5) is 0 Å². The van der Waals surface area contributed by atoms with Crippen molar-refractivity contribution >= 4 is 46.3 Å². The van der Waals surface area contributed by atoms with Crippen LogP contribution in [0.5, 0.6) is 11.5 Å². The average Bonchev–Trinajstić information content (AvgIpc) is 2.95. The Balaban J connectivity index is 2.03. The molecule has 244 valence electrons. The second-order valence-corrected chi connectivity index (χ2v) is 13.3. The molecule has 0 unspecified atom stereocenters. The van der Waals surface area contributed by atoms with Gasteiger partial charge < -0.3 is 30.5 Å². The van der Waals surface area contributed by atoms with E-state index < -0.39 is 47.9 Å². The summed E-state index contributed by atoms with van der Waals surface area (Å²) in [6, 6.07) is 8.36.